The van der Waals surface area contributed by atoms with Crippen LogP contribution in [0, 0.1) is 18.6 Å². The largest absolute Gasteiger partial charge is 0.494 e. The van der Waals surface area contributed by atoms with Gasteiger partial charge in [0.15, 0.2) is 11.5 Å². The Morgan fingerprint density at radius 2 is 1.76 bits per heavy atom. The lowest BCUT2D eigenvalue weighted by atomic mass is 10.1. The van der Waals surface area contributed by atoms with Crippen molar-refractivity contribution in [1.29, 1.82) is 0 Å². The maximum atomic E-state index is 13.9. The molecule has 0 aliphatic heterocycles. The van der Waals surface area contributed by atoms with Gasteiger partial charge in [-0.05, 0) is 31.2 Å². The van der Waals surface area contributed by atoms with Crippen LogP contribution in [0.3, 0.4) is 0 Å². The van der Waals surface area contributed by atoms with Crippen molar-refractivity contribution in [2.75, 3.05) is 13.7 Å². The van der Waals surface area contributed by atoms with E-state index in [0.29, 0.717) is 34.4 Å². The number of hydrogen-bond acceptors (Lipinski definition) is 9. The van der Waals surface area contributed by atoms with Crippen molar-refractivity contribution in [3.63, 3.8) is 0 Å². The van der Waals surface area contributed by atoms with E-state index in [0.717, 1.165) is 17.8 Å². The van der Waals surface area contributed by atoms with Crippen molar-refractivity contribution in [2.24, 2.45) is 5.73 Å². The number of aliphatic hydroxyl groups is 1. The molecule has 1 amide bonds. The molecular formula is C28H26F2N4O8. The number of carbonyl (C=O) groups excluding carboxylic acids is 1. The zero-order valence-corrected chi connectivity index (χ0v) is 22.3. The summed E-state index contributed by atoms with van der Waals surface area (Å²) in [6, 6.07) is 9.11. The molecule has 1 atom stereocenters. The van der Waals surface area contributed by atoms with E-state index >= 15 is 0 Å². The first-order chi connectivity index (χ1) is 19.9. The minimum atomic E-state index is -1.26. The summed E-state index contributed by atoms with van der Waals surface area (Å²) in [5, 5.41) is 28.4. The molecule has 4 rings (SSSR count). The Morgan fingerprint density at radius 1 is 1.07 bits per heavy atom. The van der Waals surface area contributed by atoms with Crippen LogP contribution in [0.5, 0.6) is 5.75 Å². The lowest BCUT2D eigenvalue weighted by Crippen LogP contribution is -2.26. The van der Waals surface area contributed by atoms with Gasteiger partial charge in [0, 0.05) is 47.0 Å². The van der Waals surface area contributed by atoms with Gasteiger partial charge in [0.05, 0.1) is 19.8 Å². The minimum absolute atomic E-state index is 0.0291. The number of oxazole rings is 1. The van der Waals surface area contributed by atoms with E-state index in [4.69, 9.17) is 25.1 Å². The second-order valence-corrected chi connectivity index (χ2v) is 8.61. The molecule has 0 saturated carbocycles. The number of nitrogens with zero attached hydrogens (tertiary/aromatic N) is 2. The Labute approximate surface area is 237 Å². The summed E-state index contributed by atoms with van der Waals surface area (Å²) in [6.45, 7) is 1.14. The number of carboxylic acids is 2. The predicted octanol–water partition coefficient (Wildman–Crippen LogP) is 3.12. The maximum Gasteiger partial charge on any atom is 0.328 e. The van der Waals surface area contributed by atoms with Crippen LogP contribution in [-0.4, -0.2) is 56.9 Å². The molecular weight excluding hydrogens is 558 g/mol. The summed E-state index contributed by atoms with van der Waals surface area (Å²) in [7, 11) is 1.54. The molecule has 42 heavy (non-hydrogen) atoms. The molecule has 0 unspecified atom stereocenters. The van der Waals surface area contributed by atoms with E-state index in [1.807, 2.05) is 19.1 Å². The van der Waals surface area contributed by atoms with Crippen LogP contribution in [0.15, 0.2) is 59.0 Å². The number of methoxy groups -OCH3 is 1. The number of benzene rings is 2. The van der Waals surface area contributed by atoms with Crippen LogP contribution in [-0.2, 0) is 16.1 Å². The average Bonchev–Trinajstić information content (AvgIpc) is 3.40. The smallest absolute Gasteiger partial charge is 0.328 e. The number of fused-ring (bicyclic) bond motifs is 1. The van der Waals surface area contributed by atoms with Crippen LogP contribution >= 0.6 is 0 Å². The van der Waals surface area contributed by atoms with Crippen molar-refractivity contribution in [2.45, 2.75) is 19.5 Å². The Kier molecular flexibility index (Phi) is 10.4. The fraction of sp³-hybridized carbons (Fsp3) is 0.179. The molecule has 0 bridgehead atoms. The summed E-state index contributed by atoms with van der Waals surface area (Å²) in [6.07, 6.45) is 1.12. The highest BCUT2D eigenvalue weighted by molar-refractivity contribution is 5.98. The van der Waals surface area contributed by atoms with Crippen LogP contribution in [0.4, 0.5) is 8.78 Å². The summed E-state index contributed by atoms with van der Waals surface area (Å²) >= 11 is 0. The molecule has 0 fully saturated rings. The second kappa shape index (κ2) is 13.9. The second-order valence-electron chi connectivity index (χ2n) is 8.61. The van der Waals surface area contributed by atoms with E-state index in [2.05, 4.69) is 15.3 Å². The number of amides is 1. The SMILES string of the molecule is COc1ccc(-c2nc(C(=O)NCc3ccc(F)cc3F)c([C@@H](N)CO)o2)c2ccc(C)nc12.O=C(O)/C=C/C(=O)O. The maximum absolute atomic E-state index is 13.9. The van der Waals surface area contributed by atoms with Gasteiger partial charge in [-0.1, -0.05) is 12.1 Å². The first-order valence-electron chi connectivity index (χ1n) is 12.1. The quantitative estimate of drug-likeness (QED) is 0.181. The topological polar surface area (TPSA) is 198 Å². The van der Waals surface area contributed by atoms with Crippen molar-refractivity contribution in [3.05, 3.63) is 89.0 Å². The summed E-state index contributed by atoms with van der Waals surface area (Å²) in [5.74, 6) is -4.10. The third kappa shape index (κ3) is 7.71. The first kappa shape index (κ1) is 31.3. The number of aliphatic carboxylic acids is 2. The third-order valence-electron chi connectivity index (χ3n) is 5.63. The lowest BCUT2D eigenvalue weighted by molar-refractivity contribution is -0.134. The number of aryl methyl sites for hydroxylation is 1. The molecule has 2 heterocycles. The average molecular weight is 585 g/mol. The Bertz CT molecular complexity index is 1640. The van der Waals surface area contributed by atoms with E-state index in [1.54, 1.807) is 12.1 Å². The molecule has 0 aliphatic carbocycles. The molecule has 0 spiro atoms. The number of carboxylic acid groups (broad SMARTS) is 2. The zero-order chi connectivity index (χ0) is 31.0. The molecule has 12 nitrogen and oxygen atoms in total. The summed E-state index contributed by atoms with van der Waals surface area (Å²) in [5.41, 5.74) is 7.81. The highest BCUT2D eigenvalue weighted by Gasteiger charge is 2.26. The number of aromatic nitrogens is 2. The van der Waals surface area contributed by atoms with Crippen LogP contribution in [0.25, 0.3) is 22.4 Å². The highest BCUT2D eigenvalue weighted by atomic mass is 19.1. The lowest BCUT2D eigenvalue weighted by Gasteiger charge is -2.09. The molecule has 0 radical (unpaired) electrons. The van der Waals surface area contributed by atoms with Gasteiger partial charge in [-0.3, -0.25) is 4.79 Å². The van der Waals surface area contributed by atoms with E-state index in [-0.39, 0.29) is 29.5 Å². The fourth-order valence-electron chi connectivity index (χ4n) is 3.65. The van der Waals surface area contributed by atoms with Gasteiger partial charge in [-0.15, -0.1) is 0 Å². The molecule has 0 aliphatic rings. The van der Waals surface area contributed by atoms with Crippen LogP contribution in [0.1, 0.15) is 33.5 Å². The molecule has 0 saturated heterocycles. The number of aliphatic hydroxyl groups excluding tert-OH is 1. The van der Waals surface area contributed by atoms with Gasteiger partial charge in [-0.2, -0.15) is 0 Å². The van der Waals surface area contributed by atoms with Gasteiger partial charge in [0.1, 0.15) is 22.9 Å². The predicted molar refractivity (Wildman–Crippen MR) is 144 cm³/mol. The normalized spacial score (nSPS) is 11.6. The van der Waals surface area contributed by atoms with Gasteiger partial charge >= 0.3 is 11.9 Å². The van der Waals surface area contributed by atoms with Gasteiger partial charge in [-0.25, -0.2) is 28.3 Å². The highest BCUT2D eigenvalue weighted by Crippen LogP contribution is 2.35. The standard InChI is InChI=1S/C24H22F2N4O4.C4H4O4/c1-12-3-6-15-16(7-8-19(33-2)20(15)29-12)24-30-21(22(34-24)18(27)11-31)23(32)28-10-13-4-5-14(25)9-17(13)26;5-3(6)1-2-4(7)8/h3-9,18,31H,10-11,27H2,1-2H3,(H,28,32);1-2H,(H,5,6)(H,7,8)/b;2-1+/t18-;/m0./s1. The summed E-state index contributed by atoms with van der Waals surface area (Å²) < 4.78 is 38.3. The van der Waals surface area contributed by atoms with Crippen molar-refractivity contribution < 1.29 is 47.6 Å². The molecule has 2 aromatic heterocycles. The number of hydrogen-bond donors (Lipinski definition) is 5. The molecule has 2 aromatic carbocycles. The molecule has 6 N–H and O–H groups in total. The molecule has 220 valence electrons. The molecule has 4 aromatic rings. The number of ether oxygens (including phenoxy) is 1. The van der Waals surface area contributed by atoms with E-state index in [9.17, 15) is 28.3 Å². The number of nitrogens with one attached hydrogen (secondary N) is 1. The Balaban J connectivity index is 0.000000531. The van der Waals surface area contributed by atoms with Crippen molar-refractivity contribution in [3.8, 4) is 17.2 Å². The number of rotatable bonds is 9. The number of carbonyl (C=O) groups is 3. The zero-order valence-electron chi connectivity index (χ0n) is 22.3. The summed E-state index contributed by atoms with van der Waals surface area (Å²) in [4.78, 5) is 40.9. The van der Waals surface area contributed by atoms with Crippen LogP contribution in [0.2, 0.25) is 0 Å². The number of pyridine rings is 1. The minimum Gasteiger partial charge on any atom is -0.494 e. The number of halogens is 2. The van der Waals surface area contributed by atoms with Gasteiger partial charge < -0.3 is 35.5 Å². The van der Waals surface area contributed by atoms with E-state index in [1.165, 1.54) is 13.2 Å². The molecule has 14 heteroatoms. The first-order valence-corrected chi connectivity index (χ1v) is 12.1. The monoisotopic (exact) mass is 584 g/mol. The van der Waals surface area contributed by atoms with Gasteiger partial charge in [0.25, 0.3) is 5.91 Å². The number of nitrogens with two attached hydrogens (primary N) is 1. The van der Waals surface area contributed by atoms with Crippen molar-refractivity contribution >= 4 is 28.7 Å². The third-order valence-corrected chi connectivity index (χ3v) is 5.63. The van der Waals surface area contributed by atoms with Crippen LogP contribution < -0.4 is 15.8 Å². The van der Waals surface area contributed by atoms with Gasteiger partial charge in [0.2, 0.25) is 5.89 Å². The van der Waals surface area contributed by atoms with E-state index < -0.39 is 42.1 Å². The Morgan fingerprint density at radius 3 is 2.36 bits per heavy atom. The Hall–Kier alpha value is -5.21. The van der Waals surface area contributed by atoms with Crippen molar-refractivity contribution in [1.82, 2.24) is 15.3 Å². The fourth-order valence-corrected chi connectivity index (χ4v) is 3.65.